The van der Waals surface area contributed by atoms with Gasteiger partial charge in [-0.1, -0.05) is 37.3 Å². The van der Waals surface area contributed by atoms with Gasteiger partial charge >= 0.3 is 0 Å². The molecule has 0 bridgehead atoms. The van der Waals surface area contributed by atoms with Crippen molar-refractivity contribution in [3.8, 4) is 0 Å². The summed E-state index contributed by atoms with van der Waals surface area (Å²) in [6.45, 7) is 3.42. The third kappa shape index (κ3) is 4.63. The molecule has 0 aliphatic carbocycles. The number of nitrogens with one attached hydrogen (secondary N) is 1. The van der Waals surface area contributed by atoms with Crippen molar-refractivity contribution in [3.05, 3.63) is 65.7 Å². The van der Waals surface area contributed by atoms with Crippen LogP contribution >= 0.6 is 0 Å². The Bertz CT molecular complexity index is 632. The summed E-state index contributed by atoms with van der Waals surface area (Å²) in [5, 5.41) is 2.47. The van der Waals surface area contributed by atoms with Crippen molar-refractivity contribution in [3.63, 3.8) is 0 Å². The summed E-state index contributed by atoms with van der Waals surface area (Å²) in [4.78, 5) is 13.9. The van der Waals surface area contributed by atoms with Gasteiger partial charge in [0.2, 0.25) is 5.91 Å². The molecule has 1 N–H and O–H groups in total. The molecular formula is C17H18F2N2O. The van der Waals surface area contributed by atoms with Crippen molar-refractivity contribution >= 4 is 11.6 Å². The number of anilines is 1. The highest BCUT2D eigenvalue weighted by molar-refractivity contribution is 5.92. The summed E-state index contributed by atoms with van der Waals surface area (Å²) < 4.78 is 26.3. The van der Waals surface area contributed by atoms with Crippen molar-refractivity contribution in [1.82, 2.24) is 4.90 Å². The fourth-order valence-corrected chi connectivity index (χ4v) is 2.10. The molecule has 0 unspecified atom stereocenters. The van der Waals surface area contributed by atoms with Gasteiger partial charge in [-0.3, -0.25) is 9.69 Å². The summed E-state index contributed by atoms with van der Waals surface area (Å²) >= 11 is 0. The normalized spacial score (nSPS) is 10.7. The smallest absolute Gasteiger partial charge is 0.238 e. The Labute approximate surface area is 128 Å². The summed E-state index contributed by atoms with van der Waals surface area (Å²) in [5.41, 5.74) is 1.09. The minimum absolute atomic E-state index is 0.0119. The van der Waals surface area contributed by atoms with E-state index in [0.717, 1.165) is 17.7 Å². The van der Waals surface area contributed by atoms with Crippen LogP contribution in [0.2, 0.25) is 0 Å². The SMILES string of the molecule is CCN(CC(=O)Nc1ccc(F)cc1F)Cc1ccccc1. The molecule has 0 aliphatic rings. The van der Waals surface area contributed by atoms with Gasteiger partial charge in [-0.15, -0.1) is 0 Å². The standard InChI is InChI=1S/C17H18F2N2O/c1-2-21(11-13-6-4-3-5-7-13)12-17(22)20-16-9-8-14(18)10-15(16)19/h3-10H,2,11-12H2,1H3,(H,20,22). The van der Waals surface area contributed by atoms with Crippen LogP contribution in [0.1, 0.15) is 12.5 Å². The Kier molecular flexibility index (Phi) is 5.61. The van der Waals surface area contributed by atoms with Crippen LogP contribution < -0.4 is 5.32 Å². The number of halogens is 2. The maximum Gasteiger partial charge on any atom is 0.238 e. The summed E-state index contributed by atoms with van der Waals surface area (Å²) in [7, 11) is 0. The number of hydrogen-bond acceptors (Lipinski definition) is 2. The van der Waals surface area contributed by atoms with Gasteiger partial charge in [0, 0.05) is 12.6 Å². The minimum Gasteiger partial charge on any atom is -0.322 e. The molecule has 0 fully saturated rings. The third-order valence-corrected chi connectivity index (χ3v) is 3.27. The monoisotopic (exact) mass is 304 g/mol. The molecule has 0 saturated heterocycles. The summed E-state index contributed by atoms with van der Waals surface area (Å²) in [6, 6.07) is 12.9. The molecule has 116 valence electrons. The molecular weight excluding hydrogens is 286 g/mol. The first-order valence-electron chi connectivity index (χ1n) is 7.09. The maximum absolute atomic E-state index is 13.5. The van der Waals surface area contributed by atoms with E-state index in [2.05, 4.69) is 5.32 Å². The number of carbonyl (C=O) groups is 1. The van der Waals surface area contributed by atoms with Crippen LogP contribution in [-0.4, -0.2) is 23.9 Å². The summed E-state index contributed by atoms with van der Waals surface area (Å²) in [6.07, 6.45) is 0. The van der Waals surface area contributed by atoms with E-state index in [0.29, 0.717) is 13.1 Å². The molecule has 2 aromatic rings. The van der Waals surface area contributed by atoms with Crippen LogP contribution in [0.4, 0.5) is 14.5 Å². The van der Waals surface area contributed by atoms with Crippen molar-refractivity contribution in [2.24, 2.45) is 0 Å². The molecule has 0 radical (unpaired) electrons. The van der Waals surface area contributed by atoms with Crippen molar-refractivity contribution in [1.29, 1.82) is 0 Å². The lowest BCUT2D eigenvalue weighted by molar-refractivity contribution is -0.117. The quantitative estimate of drug-likeness (QED) is 0.887. The maximum atomic E-state index is 13.5. The number of rotatable bonds is 6. The average molecular weight is 304 g/mol. The van der Waals surface area contributed by atoms with Crippen LogP contribution in [0.15, 0.2) is 48.5 Å². The van der Waals surface area contributed by atoms with Gasteiger partial charge in [-0.2, -0.15) is 0 Å². The highest BCUT2D eigenvalue weighted by Gasteiger charge is 2.12. The second kappa shape index (κ2) is 7.66. The van der Waals surface area contributed by atoms with Gasteiger partial charge in [0.05, 0.1) is 12.2 Å². The van der Waals surface area contributed by atoms with Crippen LogP contribution in [0.3, 0.4) is 0 Å². The zero-order valence-corrected chi connectivity index (χ0v) is 12.4. The van der Waals surface area contributed by atoms with Gasteiger partial charge in [-0.25, -0.2) is 8.78 Å². The topological polar surface area (TPSA) is 32.3 Å². The first-order chi connectivity index (χ1) is 10.6. The second-order valence-corrected chi connectivity index (χ2v) is 4.96. The van der Waals surface area contributed by atoms with Gasteiger partial charge in [0.15, 0.2) is 0 Å². The molecule has 5 heteroatoms. The molecule has 0 heterocycles. The van der Waals surface area contributed by atoms with Crippen LogP contribution in [0.25, 0.3) is 0 Å². The molecule has 2 rings (SSSR count). The largest absolute Gasteiger partial charge is 0.322 e. The predicted octanol–water partition coefficient (Wildman–Crippen LogP) is 3.43. The van der Waals surface area contributed by atoms with Crippen LogP contribution in [0, 0.1) is 11.6 Å². The van der Waals surface area contributed by atoms with E-state index in [-0.39, 0.29) is 18.1 Å². The lowest BCUT2D eigenvalue weighted by Gasteiger charge is -2.20. The van der Waals surface area contributed by atoms with Gasteiger partial charge < -0.3 is 5.32 Å². The van der Waals surface area contributed by atoms with E-state index in [1.165, 1.54) is 6.07 Å². The molecule has 3 nitrogen and oxygen atoms in total. The minimum atomic E-state index is -0.778. The van der Waals surface area contributed by atoms with Crippen LogP contribution in [-0.2, 0) is 11.3 Å². The Hall–Kier alpha value is -2.27. The Morgan fingerprint density at radius 3 is 2.50 bits per heavy atom. The molecule has 0 spiro atoms. The van der Waals surface area contributed by atoms with Crippen molar-refractivity contribution in [2.75, 3.05) is 18.4 Å². The Morgan fingerprint density at radius 2 is 1.86 bits per heavy atom. The van der Waals surface area contributed by atoms with Gasteiger partial charge in [0.1, 0.15) is 11.6 Å². The predicted molar refractivity (Wildman–Crippen MR) is 82.4 cm³/mol. The molecule has 0 saturated carbocycles. The molecule has 1 amide bonds. The van der Waals surface area contributed by atoms with Crippen molar-refractivity contribution < 1.29 is 13.6 Å². The zero-order valence-electron chi connectivity index (χ0n) is 12.4. The molecule has 0 atom stereocenters. The summed E-state index contributed by atoms with van der Waals surface area (Å²) in [5.74, 6) is -1.78. The van der Waals surface area contributed by atoms with Gasteiger partial charge in [0.25, 0.3) is 0 Å². The Balaban J connectivity index is 1.94. The number of benzene rings is 2. The second-order valence-electron chi connectivity index (χ2n) is 4.96. The number of amides is 1. The van der Waals surface area contributed by atoms with E-state index >= 15 is 0 Å². The number of nitrogens with zero attached hydrogens (tertiary/aromatic N) is 1. The highest BCUT2D eigenvalue weighted by atomic mass is 19.1. The van der Waals surface area contributed by atoms with Gasteiger partial charge in [-0.05, 0) is 24.2 Å². The first-order valence-corrected chi connectivity index (χ1v) is 7.09. The fraction of sp³-hybridized carbons (Fsp3) is 0.235. The molecule has 22 heavy (non-hydrogen) atoms. The number of hydrogen-bond donors (Lipinski definition) is 1. The zero-order chi connectivity index (χ0) is 15.9. The third-order valence-electron chi connectivity index (χ3n) is 3.27. The van der Waals surface area contributed by atoms with Crippen LogP contribution in [0.5, 0.6) is 0 Å². The lowest BCUT2D eigenvalue weighted by Crippen LogP contribution is -2.32. The average Bonchev–Trinajstić information content (AvgIpc) is 2.50. The van der Waals surface area contributed by atoms with E-state index in [4.69, 9.17) is 0 Å². The van der Waals surface area contributed by atoms with Crippen molar-refractivity contribution in [2.45, 2.75) is 13.5 Å². The number of likely N-dealkylation sites (N-methyl/N-ethyl adjacent to an activating group) is 1. The van der Waals surface area contributed by atoms with E-state index in [1.807, 2.05) is 42.2 Å². The molecule has 0 aromatic heterocycles. The molecule has 0 aliphatic heterocycles. The van der Waals surface area contributed by atoms with E-state index in [1.54, 1.807) is 0 Å². The van der Waals surface area contributed by atoms with E-state index < -0.39 is 11.6 Å². The Morgan fingerprint density at radius 1 is 1.14 bits per heavy atom. The number of carbonyl (C=O) groups excluding carboxylic acids is 1. The molecule has 2 aromatic carbocycles. The highest BCUT2D eigenvalue weighted by Crippen LogP contribution is 2.15. The first kappa shape index (κ1) is 16.1. The van der Waals surface area contributed by atoms with E-state index in [9.17, 15) is 13.6 Å². The lowest BCUT2D eigenvalue weighted by atomic mass is 10.2. The fourth-order valence-electron chi connectivity index (χ4n) is 2.10.